The molecule has 2 nitrogen and oxygen atoms in total. The minimum Gasteiger partial charge on any atom is -0.353 e. The molecule has 2 heteroatoms. The van der Waals surface area contributed by atoms with Crippen LogP contribution in [0.3, 0.4) is 0 Å². The van der Waals surface area contributed by atoms with Crippen molar-refractivity contribution in [3.8, 4) is 0 Å². The van der Waals surface area contributed by atoms with Crippen LogP contribution in [0, 0.1) is 0 Å². The van der Waals surface area contributed by atoms with E-state index < -0.39 is 0 Å². The Hall–Kier alpha value is -0.0800. The molecule has 1 atom stereocenters. The highest BCUT2D eigenvalue weighted by Crippen LogP contribution is 2.04. The molecule has 0 unspecified atom stereocenters. The van der Waals surface area contributed by atoms with Crippen LogP contribution >= 0.6 is 0 Å². The molecule has 1 fully saturated rings. The topological polar surface area (TPSA) is 18.5 Å². The van der Waals surface area contributed by atoms with E-state index in [0.29, 0.717) is 12.9 Å². The van der Waals surface area contributed by atoms with E-state index in [1.807, 2.05) is 0 Å². The third kappa shape index (κ3) is 1.14. The van der Waals surface area contributed by atoms with Gasteiger partial charge < -0.3 is 9.47 Å². The summed E-state index contributed by atoms with van der Waals surface area (Å²) in [6.07, 6.45) is 1.44. The number of hydrogen-bond acceptors (Lipinski definition) is 2. The first-order valence-electron chi connectivity index (χ1n) is 2.63. The van der Waals surface area contributed by atoms with Crippen molar-refractivity contribution in [2.45, 2.75) is 19.4 Å². The maximum absolute atomic E-state index is 5.08. The summed E-state index contributed by atoms with van der Waals surface area (Å²) >= 11 is 0. The summed E-state index contributed by atoms with van der Waals surface area (Å²) in [6, 6.07) is 0. The first-order chi connectivity index (χ1) is 3.43. The second-order valence-electron chi connectivity index (χ2n) is 1.69. The maximum Gasteiger partial charge on any atom is 0.147 e. The molecule has 1 rings (SSSR count). The normalized spacial score (nSPS) is 31.3. The monoisotopic (exact) mass is 102 g/mol. The molecule has 0 aromatic heterocycles. The molecule has 0 N–H and O–H groups in total. The average Bonchev–Trinajstić information content (AvgIpc) is 2.14. The van der Waals surface area contributed by atoms with Gasteiger partial charge in [-0.3, -0.25) is 0 Å². The SMILES string of the molecule is CC[C@@H]1COCO1. The van der Waals surface area contributed by atoms with Gasteiger partial charge in [-0.1, -0.05) is 6.92 Å². The fourth-order valence-corrected chi connectivity index (χ4v) is 0.608. The Morgan fingerprint density at radius 3 is 2.86 bits per heavy atom. The van der Waals surface area contributed by atoms with E-state index in [4.69, 9.17) is 9.47 Å². The molecule has 1 aliphatic heterocycles. The largest absolute Gasteiger partial charge is 0.353 e. The second-order valence-corrected chi connectivity index (χ2v) is 1.69. The summed E-state index contributed by atoms with van der Waals surface area (Å²) < 4.78 is 10.0. The lowest BCUT2D eigenvalue weighted by Crippen LogP contribution is -2.05. The van der Waals surface area contributed by atoms with Crippen LogP contribution in [0.1, 0.15) is 13.3 Å². The molecule has 1 heterocycles. The zero-order valence-corrected chi connectivity index (χ0v) is 4.52. The number of hydrogen-bond donors (Lipinski definition) is 0. The maximum atomic E-state index is 5.08. The van der Waals surface area contributed by atoms with Gasteiger partial charge in [-0.05, 0) is 6.42 Å². The van der Waals surface area contributed by atoms with Crippen LogP contribution in [0.4, 0.5) is 0 Å². The fourth-order valence-electron chi connectivity index (χ4n) is 0.608. The molecule has 0 aromatic rings. The van der Waals surface area contributed by atoms with Gasteiger partial charge in [0.25, 0.3) is 0 Å². The van der Waals surface area contributed by atoms with E-state index in [9.17, 15) is 0 Å². The van der Waals surface area contributed by atoms with Gasteiger partial charge in [-0.25, -0.2) is 0 Å². The van der Waals surface area contributed by atoms with Crippen LogP contribution in [-0.2, 0) is 9.47 Å². The summed E-state index contributed by atoms with van der Waals surface area (Å²) in [5.41, 5.74) is 0. The first-order valence-corrected chi connectivity index (χ1v) is 2.63. The third-order valence-electron chi connectivity index (χ3n) is 1.15. The average molecular weight is 102 g/mol. The molecule has 0 radical (unpaired) electrons. The smallest absolute Gasteiger partial charge is 0.147 e. The summed E-state index contributed by atoms with van der Waals surface area (Å²) in [6.45, 7) is 3.38. The van der Waals surface area contributed by atoms with Crippen LogP contribution in [0.2, 0.25) is 0 Å². The van der Waals surface area contributed by atoms with E-state index in [2.05, 4.69) is 6.92 Å². The second kappa shape index (κ2) is 2.28. The van der Waals surface area contributed by atoms with Crippen LogP contribution < -0.4 is 0 Å². The van der Waals surface area contributed by atoms with Crippen LogP contribution in [0.25, 0.3) is 0 Å². The van der Waals surface area contributed by atoms with Gasteiger partial charge in [0.1, 0.15) is 6.79 Å². The molecule has 0 amide bonds. The first kappa shape index (κ1) is 5.06. The van der Waals surface area contributed by atoms with Crippen molar-refractivity contribution in [3.05, 3.63) is 0 Å². The Balaban J connectivity index is 2.14. The van der Waals surface area contributed by atoms with Gasteiger partial charge in [-0.2, -0.15) is 0 Å². The molecule has 0 aromatic carbocycles. The lowest BCUT2D eigenvalue weighted by molar-refractivity contribution is 0.0460. The van der Waals surface area contributed by atoms with Gasteiger partial charge >= 0.3 is 0 Å². The molecule has 1 saturated heterocycles. The predicted molar refractivity (Wildman–Crippen MR) is 26.0 cm³/mol. The van der Waals surface area contributed by atoms with Crippen molar-refractivity contribution in [1.82, 2.24) is 0 Å². The van der Waals surface area contributed by atoms with Crippen molar-refractivity contribution in [2.24, 2.45) is 0 Å². The quantitative estimate of drug-likeness (QED) is 0.487. The highest BCUT2D eigenvalue weighted by Gasteiger charge is 2.11. The Morgan fingerprint density at radius 2 is 2.57 bits per heavy atom. The summed E-state index contributed by atoms with van der Waals surface area (Å²) in [5.74, 6) is 0. The van der Waals surface area contributed by atoms with E-state index in [0.717, 1.165) is 13.0 Å². The van der Waals surface area contributed by atoms with Crippen LogP contribution in [0.15, 0.2) is 0 Å². The lowest BCUT2D eigenvalue weighted by Gasteiger charge is -1.98. The van der Waals surface area contributed by atoms with E-state index in [1.165, 1.54) is 0 Å². The fraction of sp³-hybridized carbons (Fsp3) is 1.00. The molecule has 42 valence electrons. The molecular weight excluding hydrogens is 92.1 g/mol. The third-order valence-corrected chi connectivity index (χ3v) is 1.15. The molecular formula is C5H10O2. The summed E-state index contributed by atoms with van der Waals surface area (Å²) in [7, 11) is 0. The van der Waals surface area contributed by atoms with Crippen molar-refractivity contribution >= 4 is 0 Å². The number of ether oxygens (including phenoxy) is 2. The summed E-state index contributed by atoms with van der Waals surface area (Å²) in [5, 5.41) is 0. The number of rotatable bonds is 1. The highest BCUT2D eigenvalue weighted by molar-refractivity contribution is 4.54. The molecule has 7 heavy (non-hydrogen) atoms. The Labute approximate surface area is 43.4 Å². The Morgan fingerprint density at radius 1 is 1.71 bits per heavy atom. The van der Waals surface area contributed by atoms with Gasteiger partial charge in [0, 0.05) is 0 Å². The highest BCUT2D eigenvalue weighted by atomic mass is 16.7. The standard InChI is InChI=1S/C5H10O2/c1-2-5-3-6-4-7-5/h5H,2-4H2,1H3/t5-/m1/s1. The molecule has 0 spiro atoms. The van der Waals surface area contributed by atoms with Crippen LogP contribution in [0.5, 0.6) is 0 Å². The lowest BCUT2D eigenvalue weighted by atomic mass is 10.3. The Bertz CT molecular complexity index is 48.0. The summed E-state index contributed by atoms with van der Waals surface area (Å²) in [4.78, 5) is 0. The van der Waals surface area contributed by atoms with Crippen molar-refractivity contribution in [1.29, 1.82) is 0 Å². The van der Waals surface area contributed by atoms with E-state index in [-0.39, 0.29) is 0 Å². The van der Waals surface area contributed by atoms with Crippen molar-refractivity contribution in [3.63, 3.8) is 0 Å². The van der Waals surface area contributed by atoms with Crippen LogP contribution in [-0.4, -0.2) is 19.5 Å². The van der Waals surface area contributed by atoms with Crippen molar-refractivity contribution < 1.29 is 9.47 Å². The van der Waals surface area contributed by atoms with Gasteiger partial charge in [0.05, 0.1) is 12.7 Å². The van der Waals surface area contributed by atoms with E-state index >= 15 is 0 Å². The molecule has 1 aliphatic rings. The van der Waals surface area contributed by atoms with E-state index in [1.54, 1.807) is 0 Å². The van der Waals surface area contributed by atoms with Crippen molar-refractivity contribution in [2.75, 3.05) is 13.4 Å². The van der Waals surface area contributed by atoms with Gasteiger partial charge in [0.15, 0.2) is 0 Å². The Kier molecular flexibility index (Phi) is 1.65. The molecule has 0 bridgehead atoms. The van der Waals surface area contributed by atoms with Gasteiger partial charge in [0.2, 0.25) is 0 Å². The molecule has 0 saturated carbocycles. The zero-order valence-electron chi connectivity index (χ0n) is 4.52. The van der Waals surface area contributed by atoms with Gasteiger partial charge in [-0.15, -0.1) is 0 Å². The minimum absolute atomic E-state index is 0.375. The zero-order chi connectivity index (χ0) is 5.11. The molecule has 0 aliphatic carbocycles. The predicted octanol–water partition coefficient (Wildman–Crippen LogP) is 0.769. The minimum atomic E-state index is 0.375.